The van der Waals surface area contributed by atoms with Gasteiger partial charge in [-0.3, -0.25) is 4.79 Å². The van der Waals surface area contributed by atoms with Crippen LogP contribution < -0.4 is 10.5 Å². The van der Waals surface area contributed by atoms with Crippen molar-refractivity contribution in [2.24, 2.45) is 5.73 Å². The minimum atomic E-state index is -0.447. The van der Waals surface area contributed by atoms with Crippen LogP contribution in [0, 0.1) is 5.82 Å². The van der Waals surface area contributed by atoms with Gasteiger partial charge in [0.2, 0.25) is 5.91 Å². The molecule has 0 fully saturated rings. The average molecular weight is 262 g/mol. The predicted octanol–water partition coefficient (Wildman–Crippen LogP) is 1.84. The predicted molar refractivity (Wildman–Crippen MR) is 53.4 cm³/mol. The quantitative estimate of drug-likeness (QED) is 0.900. The second-order valence-electron chi connectivity index (χ2n) is 2.64. The topological polar surface area (TPSA) is 52.3 Å². The van der Waals surface area contributed by atoms with Crippen LogP contribution >= 0.6 is 15.9 Å². The molecule has 1 rings (SSSR count). The summed E-state index contributed by atoms with van der Waals surface area (Å²) in [4.78, 5) is 10.4. The lowest BCUT2D eigenvalue weighted by atomic mass is 10.3. The molecule has 14 heavy (non-hydrogen) atoms. The first-order valence-electron chi connectivity index (χ1n) is 3.96. The largest absolute Gasteiger partial charge is 0.492 e. The molecule has 1 amide bonds. The van der Waals surface area contributed by atoms with E-state index >= 15 is 0 Å². The second kappa shape index (κ2) is 4.95. The molecule has 5 heteroatoms. The van der Waals surface area contributed by atoms with Gasteiger partial charge in [0, 0.05) is 6.07 Å². The van der Waals surface area contributed by atoms with Gasteiger partial charge in [0.25, 0.3) is 0 Å². The number of hydrogen-bond donors (Lipinski definition) is 1. The third kappa shape index (κ3) is 3.33. The van der Waals surface area contributed by atoms with Gasteiger partial charge in [-0.2, -0.15) is 0 Å². The summed E-state index contributed by atoms with van der Waals surface area (Å²) >= 11 is 3.19. The lowest BCUT2D eigenvalue weighted by molar-refractivity contribution is -0.118. The summed E-state index contributed by atoms with van der Waals surface area (Å²) in [6.07, 6.45) is 0.114. The van der Waals surface area contributed by atoms with Gasteiger partial charge < -0.3 is 10.5 Å². The van der Waals surface area contributed by atoms with Gasteiger partial charge in [-0.15, -0.1) is 0 Å². The van der Waals surface area contributed by atoms with Crippen LogP contribution in [0.5, 0.6) is 5.75 Å². The van der Waals surface area contributed by atoms with Crippen LogP contribution in [0.3, 0.4) is 0 Å². The summed E-state index contributed by atoms with van der Waals surface area (Å²) in [5, 5.41) is 0. The molecule has 1 aromatic carbocycles. The van der Waals surface area contributed by atoms with E-state index < -0.39 is 5.91 Å². The number of carbonyl (C=O) groups is 1. The van der Waals surface area contributed by atoms with E-state index in [4.69, 9.17) is 10.5 Å². The van der Waals surface area contributed by atoms with E-state index in [1.54, 1.807) is 0 Å². The van der Waals surface area contributed by atoms with Crippen LogP contribution in [0.1, 0.15) is 6.42 Å². The van der Waals surface area contributed by atoms with Crippen molar-refractivity contribution in [1.29, 1.82) is 0 Å². The number of nitrogens with two attached hydrogens (primary N) is 1. The Bertz CT molecular complexity index is 344. The maximum atomic E-state index is 12.7. The van der Waals surface area contributed by atoms with Crippen molar-refractivity contribution >= 4 is 21.8 Å². The Kier molecular flexibility index (Phi) is 3.88. The summed E-state index contributed by atoms with van der Waals surface area (Å²) in [5.41, 5.74) is 4.92. The van der Waals surface area contributed by atoms with Crippen LogP contribution in [-0.4, -0.2) is 12.5 Å². The zero-order chi connectivity index (χ0) is 10.6. The van der Waals surface area contributed by atoms with Gasteiger partial charge in [-0.25, -0.2) is 4.39 Å². The molecule has 0 saturated carbocycles. The van der Waals surface area contributed by atoms with E-state index in [0.29, 0.717) is 10.2 Å². The van der Waals surface area contributed by atoms with Crippen LogP contribution in [-0.2, 0) is 4.79 Å². The molecule has 76 valence electrons. The number of amides is 1. The molecule has 0 aromatic heterocycles. The van der Waals surface area contributed by atoms with E-state index in [1.165, 1.54) is 18.2 Å². The molecule has 0 spiro atoms. The highest BCUT2D eigenvalue weighted by molar-refractivity contribution is 9.10. The minimum Gasteiger partial charge on any atom is -0.492 e. The van der Waals surface area contributed by atoms with Crippen molar-refractivity contribution in [2.45, 2.75) is 6.42 Å². The fourth-order valence-corrected chi connectivity index (χ4v) is 1.21. The molecule has 0 bridgehead atoms. The number of halogens is 2. The van der Waals surface area contributed by atoms with Crippen LogP contribution in [0.15, 0.2) is 22.7 Å². The van der Waals surface area contributed by atoms with E-state index in [0.717, 1.165) is 0 Å². The first-order valence-corrected chi connectivity index (χ1v) is 4.75. The van der Waals surface area contributed by atoms with E-state index in [-0.39, 0.29) is 18.8 Å². The van der Waals surface area contributed by atoms with Gasteiger partial charge in [0.05, 0.1) is 17.5 Å². The molecule has 0 radical (unpaired) electrons. The first kappa shape index (κ1) is 11.0. The molecule has 0 aliphatic heterocycles. The summed E-state index contributed by atoms with van der Waals surface area (Å²) in [6.45, 7) is 0.150. The Morgan fingerprint density at radius 1 is 1.57 bits per heavy atom. The lowest BCUT2D eigenvalue weighted by Gasteiger charge is -2.06. The molecule has 1 aromatic rings. The SMILES string of the molecule is NC(=O)CCOc1cc(F)ccc1Br. The maximum Gasteiger partial charge on any atom is 0.220 e. The summed E-state index contributed by atoms with van der Waals surface area (Å²) < 4.78 is 18.5. The molecular formula is C9H9BrFNO2. The fraction of sp³-hybridized carbons (Fsp3) is 0.222. The number of ether oxygens (including phenoxy) is 1. The van der Waals surface area contributed by atoms with Crippen molar-refractivity contribution in [3.05, 3.63) is 28.5 Å². The zero-order valence-corrected chi connectivity index (χ0v) is 8.88. The Morgan fingerprint density at radius 3 is 2.93 bits per heavy atom. The molecule has 0 atom stereocenters. The number of rotatable bonds is 4. The summed E-state index contributed by atoms with van der Waals surface area (Å²) in [5.74, 6) is -0.467. The maximum absolute atomic E-state index is 12.7. The molecule has 0 saturated heterocycles. The molecule has 0 aliphatic rings. The molecule has 0 unspecified atom stereocenters. The second-order valence-corrected chi connectivity index (χ2v) is 3.49. The van der Waals surface area contributed by atoms with Crippen molar-refractivity contribution in [3.63, 3.8) is 0 Å². The number of benzene rings is 1. The van der Waals surface area contributed by atoms with Crippen molar-refractivity contribution < 1.29 is 13.9 Å². The van der Waals surface area contributed by atoms with E-state index in [2.05, 4.69) is 15.9 Å². The standard InChI is InChI=1S/C9H9BrFNO2/c10-7-2-1-6(11)5-8(7)14-4-3-9(12)13/h1-2,5H,3-4H2,(H2,12,13). The van der Waals surface area contributed by atoms with Crippen LogP contribution in [0.4, 0.5) is 4.39 Å². The lowest BCUT2D eigenvalue weighted by Crippen LogP contribution is -2.14. The Hall–Kier alpha value is -1.10. The molecule has 0 aliphatic carbocycles. The molecule has 0 heterocycles. The average Bonchev–Trinajstić information content (AvgIpc) is 2.10. The van der Waals surface area contributed by atoms with Gasteiger partial charge in [-0.05, 0) is 28.1 Å². The van der Waals surface area contributed by atoms with E-state index in [9.17, 15) is 9.18 Å². The van der Waals surface area contributed by atoms with Gasteiger partial charge in [0.15, 0.2) is 0 Å². The number of primary amides is 1. The molecule has 2 N–H and O–H groups in total. The van der Waals surface area contributed by atoms with Crippen molar-refractivity contribution in [1.82, 2.24) is 0 Å². The molecular weight excluding hydrogens is 253 g/mol. The van der Waals surface area contributed by atoms with Crippen molar-refractivity contribution in [2.75, 3.05) is 6.61 Å². The van der Waals surface area contributed by atoms with Gasteiger partial charge in [0.1, 0.15) is 11.6 Å². The normalized spacial score (nSPS) is 9.86. The Morgan fingerprint density at radius 2 is 2.29 bits per heavy atom. The highest BCUT2D eigenvalue weighted by Crippen LogP contribution is 2.25. The minimum absolute atomic E-state index is 0.114. The summed E-state index contributed by atoms with van der Waals surface area (Å²) in [6, 6.07) is 4.09. The van der Waals surface area contributed by atoms with Gasteiger partial charge in [-0.1, -0.05) is 0 Å². The first-order chi connectivity index (χ1) is 6.59. The highest BCUT2D eigenvalue weighted by Gasteiger charge is 2.03. The Balaban J connectivity index is 2.57. The molecule has 3 nitrogen and oxygen atoms in total. The fourth-order valence-electron chi connectivity index (χ4n) is 0.849. The Labute approximate surface area is 89.2 Å². The third-order valence-corrected chi connectivity index (χ3v) is 2.15. The van der Waals surface area contributed by atoms with Crippen LogP contribution in [0.2, 0.25) is 0 Å². The number of hydrogen-bond acceptors (Lipinski definition) is 2. The zero-order valence-electron chi connectivity index (χ0n) is 7.30. The number of carbonyl (C=O) groups excluding carboxylic acids is 1. The highest BCUT2D eigenvalue weighted by atomic mass is 79.9. The van der Waals surface area contributed by atoms with Crippen molar-refractivity contribution in [3.8, 4) is 5.75 Å². The third-order valence-electron chi connectivity index (χ3n) is 1.50. The van der Waals surface area contributed by atoms with E-state index in [1.807, 2.05) is 0 Å². The smallest absolute Gasteiger partial charge is 0.220 e. The monoisotopic (exact) mass is 261 g/mol. The van der Waals surface area contributed by atoms with Crippen LogP contribution in [0.25, 0.3) is 0 Å². The van der Waals surface area contributed by atoms with Gasteiger partial charge >= 0.3 is 0 Å². The summed E-state index contributed by atoms with van der Waals surface area (Å²) in [7, 11) is 0.